The Morgan fingerprint density at radius 3 is 2.58 bits per heavy atom. The van der Waals surface area contributed by atoms with Crippen molar-refractivity contribution in [2.75, 3.05) is 6.54 Å². The summed E-state index contributed by atoms with van der Waals surface area (Å²) in [5, 5.41) is 0. The third-order valence-corrected chi connectivity index (χ3v) is 5.74. The molecule has 1 aliphatic carbocycles. The Kier molecular flexibility index (Phi) is 5.68. The van der Waals surface area contributed by atoms with Crippen LogP contribution in [0.3, 0.4) is 0 Å². The van der Waals surface area contributed by atoms with Crippen LogP contribution < -0.4 is 9.46 Å². The maximum Gasteiger partial charge on any atom is 0.243 e. The maximum atomic E-state index is 13.7. The molecular formula is C19H20FNO4S. The summed E-state index contributed by atoms with van der Waals surface area (Å²) in [6.07, 6.45) is 4.45. The summed E-state index contributed by atoms with van der Waals surface area (Å²) < 4.78 is 46.0. The summed E-state index contributed by atoms with van der Waals surface area (Å²) in [4.78, 5) is 11.8. The van der Waals surface area contributed by atoms with Gasteiger partial charge in [0.1, 0.15) is 16.5 Å². The highest BCUT2D eigenvalue weighted by Crippen LogP contribution is 2.24. The number of hydrogen-bond donors (Lipinski definition) is 1. The predicted octanol–water partition coefficient (Wildman–Crippen LogP) is 3.31. The van der Waals surface area contributed by atoms with E-state index in [2.05, 4.69) is 4.72 Å². The largest absolute Gasteiger partial charge is 0.490 e. The molecule has 0 aromatic heterocycles. The Labute approximate surface area is 152 Å². The number of halogens is 1. The molecule has 1 saturated carbocycles. The Morgan fingerprint density at radius 2 is 1.85 bits per heavy atom. The molecule has 0 radical (unpaired) electrons. The molecule has 0 bridgehead atoms. The third-order valence-electron chi connectivity index (χ3n) is 4.31. The van der Waals surface area contributed by atoms with Gasteiger partial charge in [-0.25, -0.2) is 17.5 Å². The van der Waals surface area contributed by atoms with Gasteiger partial charge in [-0.1, -0.05) is 24.3 Å². The molecular weight excluding hydrogens is 357 g/mol. The number of Topliss-reactive ketones (excluding diaryl/α,β-unsaturated/α-hetero) is 1. The van der Waals surface area contributed by atoms with Gasteiger partial charge < -0.3 is 4.74 Å². The second-order valence-corrected chi connectivity index (χ2v) is 7.97. The van der Waals surface area contributed by atoms with E-state index in [9.17, 15) is 17.6 Å². The van der Waals surface area contributed by atoms with Crippen molar-refractivity contribution in [1.82, 2.24) is 4.72 Å². The lowest BCUT2D eigenvalue weighted by atomic mass is 10.1. The fraction of sp³-hybridized carbons (Fsp3) is 0.316. The summed E-state index contributed by atoms with van der Waals surface area (Å²) in [7, 11) is -4.10. The number of ether oxygens (including phenoxy) is 1. The summed E-state index contributed by atoms with van der Waals surface area (Å²) in [6.45, 7) is -0.455. The summed E-state index contributed by atoms with van der Waals surface area (Å²) in [6, 6.07) is 11.7. The van der Waals surface area contributed by atoms with Crippen molar-refractivity contribution >= 4 is 15.8 Å². The number of carbonyl (C=O) groups is 1. The number of benzene rings is 2. The van der Waals surface area contributed by atoms with Gasteiger partial charge >= 0.3 is 0 Å². The van der Waals surface area contributed by atoms with Crippen molar-refractivity contribution < 1.29 is 22.3 Å². The molecule has 0 atom stereocenters. The van der Waals surface area contributed by atoms with E-state index in [-0.39, 0.29) is 6.10 Å². The van der Waals surface area contributed by atoms with Gasteiger partial charge in [-0.2, -0.15) is 0 Å². The standard InChI is InChI=1S/C19H20FNO4S/c20-17-10-3-4-11-19(17)26(23,24)21-13-18(22)14-6-5-9-16(12-14)25-15-7-1-2-8-15/h3-6,9-12,15,21H,1-2,7-8,13H2. The summed E-state index contributed by atoms with van der Waals surface area (Å²) in [5.41, 5.74) is 0.344. The second-order valence-electron chi connectivity index (χ2n) is 6.23. The van der Waals surface area contributed by atoms with E-state index in [0.717, 1.165) is 37.8 Å². The van der Waals surface area contributed by atoms with Gasteiger partial charge in [0.25, 0.3) is 0 Å². The summed E-state index contributed by atoms with van der Waals surface area (Å²) in [5.74, 6) is -0.680. The van der Waals surface area contributed by atoms with Crippen molar-refractivity contribution in [3.63, 3.8) is 0 Å². The van der Waals surface area contributed by atoms with Crippen LogP contribution in [0, 0.1) is 5.82 Å². The zero-order chi connectivity index (χ0) is 18.6. The molecule has 2 aromatic rings. The van der Waals surface area contributed by atoms with Crippen LogP contribution in [0.4, 0.5) is 4.39 Å². The van der Waals surface area contributed by atoms with E-state index < -0.39 is 33.1 Å². The van der Waals surface area contributed by atoms with Crippen molar-refractivity contribution in [3.8, 4) is 5.75 Å². The van der Waals surface area contributed by atoms with Gasteiger partial charge in [-0.3, -0.25) is 4.79 Å². The minimum Gasteiger partial charge on any atom is -0.490 e. The third kappa shape index (κ3) is 4.47. The Morgan fingerprint density at radius 1 is 1.12 bits per heavy atom. The number of ketones is 1. The molecule has 0 aliphatic heterocycles. The number of rotatable bonds is 7. The first-order valence-electron chi connectivity index (χ1n) is 8.50. The SMILES string of the molecule is O=C(CNS(=O)(=O)c1ccccc1F)c1cccc(OC2CCCC2)c1. The van der Waals surface area contributed by atoms with Crippen LogP contribution in [0.2, 0.25) is 0 Å². The number of hydrogen-bond acceptors (Lipinski definition) is 4. The minimum absolute atomic E-state index is 0.167. The lowest BCUT2D eigenvalue weighted by Gasteiger charge is -2.13. The Balaban J connectivity index is 1.65. The fourth-order valence-corrected chi connectivity index (χ4v) is 4.00. The van der Waals surface area contributed by atoms with Gasteiger partial charge in [-0.15, -0.1) is 0 Å². The zero-order valence-electron chi connectivity index (χ0n) is 14.2. The van der Waals surface area contributed by atoms with Crippen LogP contribution in [0.15, 0.2) is 53.4 Å². The summed E-state index contributed by atoms with van der Waals surface area (Å²) >= 11 is 0. The van der Waals surface area contributed by atoms with Gasteiger partial charge in [0, 0.05) is 5.56 Å². The molecule has 5 nitrogen and oxygen atoms in total. The smallest absolute Gasteiger partial charge is 0.243 e. The monoisotopic (exact) mass is 377 g/mol. The van der Waals surface area contributed by atoms with Crippen molar-refractivity contribution in [3.05, 3.63) is 59.9 Å². The molecule has 0 heterocycles. The van der Waals surface area contributed by atoms with Crippen molar-refractivity contribution in [2.24, 2.45) is 0 Å². The quantitative estimate of drug-likeness (QED) is 0.752. The molecule has 1 fully saturated rings. The van der Waals surface area contributed by atoms with E-state index in [4.69, 9.17) is 4.74 Å². The highest BCUT2D eigenvalue weighted by atomic mass is 32.2. The zero-order valence-corrected chi connectivity index (χ0v) is 15.0. The van der Waals surface area contributed by atoms with E-state index in [1.54, 1.807) is 24.3 Å². The Bertz CT molecular complexity index is 892. The molecule has 138 valence electrons. The highest BCUT2D eigenvalue weighted by Gasteiger charge is 2.20. The number of nitrogens with one attached hydrogen (secondary N) is 1. The van der Waals surface area contributed by atoms with Gasteiger partial charge in [0.15, 0.2) is 5.78 Å². The van der Waals surface area contributed by atoms with Gasteiger partial charge in [-0.05, 0) is 49.9 Å². The highest BCUT2D eigenvalue weighted by molar-refractivity contribution is 7.89. The molecule has 2 aromatic carbocycles. The van der Waals surface area contributed by atoms with Gasteiger partial charge in [0.05, 0.1) is 12.6 Å². The van der Waals surface area contributed by atoms with Crippen LogP contribution in [0.25, 0.3) is 0 Å². The van der Waals surface area contributed by atoms with Crippen LogP contribution in [-0.4, -0.2) is 26.8 Å². The Hall–Kier alpha value is -2.25. The average Bonchev–Trinajstić information content (AvgIpc) is 3.13. The topological polar surface area (TPSA) is 72.5 Å². The fourth-order valence-electron chi connectivity index (χ4n) is 2.94. The van der Waals surface area contributed by atoms with Crippen LogP contribution in [0.5, 0.6) is 5.75 Å². The van der Waals surface area contributed by atoms with Crippen molar-refractivity contribution in [1.29, 1.82) is 0 Å². The second kappa shape index (κ2) is 7.97. The van der Waals surface area contributed by atoms with E-state index in [1.807, 2.05) is 0 Å². The molecule has 1 N–H and O–H groups in total. The molecule has 1 aliphatic rings. The molecule has 0 unspecified atom stereocenters. The van der Waals surface area contributed by atoms with Crippen LogP contribution in [-0.2, 0) is 10.0 Å². The molecule has 0 saturated heterocycles. The molecule has 0 amide bonds. The predicted molar refractivity (Wildman–Crippen MR) is 95.2 cm³/mol. The maximum absolute atomic E-state index is 13.7. The van der Waals surface area contributed by atoms with Crippen LogP contribution >= 0.6 is 0 Å². The first-order chi connectivity index (χ1) is 12.5. The minimum atomic E-state index is -4.10. The average molecular weight is 377 g/mol. The molecule has 3 rings (SSSR count). The van der Waals surface area contributed by atoms with Gasteiger partial charge in [0.2, 0.25) is 10.0 Å². The van der Waals surface area contributed by atoms with Crippen LogP contribution in [0.1, 0.15) is 36.0 Å². The molecule has 26 heavy (non-hydrogen) atoms. The lowest BCUT2D eigenvalue weighted by molar-refractivity contribution is 0.0996. The van der Waals surface area contributed by atoms with E-state index in [0.29, 0.717) is 11.3 Å². The van der Waals surface area contributed by atoms with E-state index >= 15 is 0 Å². The lowest BCUT2D eigenvalue weighted by Crippen LogP contribution is -2.30. The number of carbonyl (C=O) groups excluding carboxylic acids is 1. The first-order valence-corrected chi connectivity index (χ1v) is 9.98. The van der Waals surface area contributed by atoms with E-state index in [1.165, 1.54) is 12.1 Å². The van der Waals surface area contributed by atoms with Crippen molar-refractivity contribution in [2.45, 2.75) is 36.7 Å². The number of sulfonamides is 1. The first kappa shape index (κ1) is 18.5. The molecule has 0 spiro atoms. The normalized spacial score (nSPS) is 15.1. The molecule has 7 heteroatoms.